The monoisotopic (exact) mass is 356 g/mol. The van der Waals surface area contributed by atoms with Crippen LogP contribution in [0.15, 0.2) is 18.2 Å². The van der Waals surface area contributed by atoms with Crippen molar-refractivity contribution in [3.05, 3.63) is 40.4 Å². The summed E-state index contributed by atoms with van der Waals surface area (Å²) in [4.78, 5) is 18.5. The lowest BCUT2D eigenvalue weighted by Crippen LogP contribution is -2.35. The van der Waals surface area contributed by atoms with Crippen LogP contribution in [0.5, 0.6) is 0 Å². The first-order valence-corrected chi connectivity index (χ1v) is 8.16. The Labute approximate surface area is 140 Å². The van der Waals surface area contributed by atoms with Crippen LogP contribution in [0.1, 0.15) is 21.8 Å². The van der Waals surface area contributed by atoms with Gasteiger partial charge in [-0.1, -0.05) is 0 Å². The summed E-state index contributed by atoms with van der Waals surface area (Å²) in [6, 6.07) is 3.41. The van der Waals surface area contributed by atoms with Crippen LogP contribution in [0, 0.1) is 18.6 Å². The first-order valence-electron chi connectivity index (χ1n) is 7.35. The number of carbonyl (C=O) groups excluding carboxylic acids is 1. The molecule has 1 N–H and O–H groups in total. The predicted octanol–water partition coefficient (Wildman–Crippen LogP) is 2.94. The van der Waals surface area contributed by atoms with Gasteiger partial charge in [0, 0.05) is 18.5 Å². The van der Waals surface area contributed by atoms with Gasteiger partial charge in [-0.15, -0.1) is 11.3 Å². The van der Waals surface area contributed by atoms with E-state index in [1.54, 1.807) is 6.92 Å². The topological polar surface area (TPSA) is 53.4 Å². The number of aromatic nitrogens is 1. The molecular formula is C16H15F3N2O2S. The van der Waals surface area contributed by atoms with Crippen LogP contribution in [0.2, 0.25) is 0 Å². The molecule has 1 aromatic carbocycles. The lowest BCUT2D eigenvalue weighted by Gasteiger charge is -2.18. The van der Waals surface area contributed by atoms with Gasteiger partial charge in [-0.05, 0) is 25.1 Å². The number of thiazole rings is 1. The number of rotatable bonds is 3. The van der Waals surface area contributed by atoms with Gasteiger partial charge < -0.3 is 10.0 Å². The molecule has 24 heavy (non-hydrogen) atoms. The molecule has 2 heterocycles. The Morgan fingerprint density at radius 2 is 2.17 bits per heavy atom. The molecule has 0 saturated carbocycles. The number of amides is 1. The van der Waals surface area contributed by atoms with Gasteiger partial charge in [-0.25, -0.2) is 18.2 Å². The molecule has 1 amide bonds. The first kappa shape index (κ1) is 16.9. The molecule has 1 atom stereocenters. The van der Waals surface area contributed by atoms with Gasteiger partial charge in [-0.3, -0.25) is 4.79 Å². The third-order valence-electron chi connectivity index (χ3n) is 4.03. The van der Waals surface area contributed by atoms with E-state index >= 15 is 0 Å². The molecule has 2 aromatic rings. The minimum atomic E-state index is -1.77. The molecule has 0 spiro atoms. The lowest BCUT2D eigenvalue weighted by atomic mass is 10.1. The standard InChI is InChI=1S/C16H15F3N2O2S/c1-9-13(15(23)21-5-4-16(19,7-21)8-22)24-14(20-9)10-2-3-11(17)12(18)6-10/h2-3,6,22H,4-5,7-8H2,1H3. The molecule has 128 valence electrons. The number of benzene rings is 1. The highest BCUT2D eigenvalue weighted by Gasteiger charge is 2.40. The second kappa shape index (κ2) is 6.18. The van der Waals surface area contributed by atoms with E-state index < -0.39 is 23.9 Å². The molecular weight excluding hydrogens is 341 g/mol. The van der Waals surface area contributed by atoms with E-state index in [2.05, 4.69) is 4.98 Å². The van der Waals surface area contributed by atoms with Gasteiger partial charge in [-0.2, -0.15) is 0 Å². The first-order chi connectivity index (χ1) is 11.3. The molecule has 1 aliphatic rings. The molecule has 4 nitrogen and oxygen atoms in total. The SMILES string of the molecule is Cc1nc(-c2ccc(F)c(F)c2)sc1C(=O)N1CCC(F)(CO)C1. The van der Waals surface area contributed by atoms with E-state index in [0.29, 0.717) is 21.1 Å². The quantitative estimate of drug-likeness (QED) is 0.920. The van der Waals surface area contributed by atoms with Crippen molar-refractivity contribution in [2.75, 3.05) is 19.7 Å². The fourth-order valence-corrected chi connectivity index (χ4v) is 3.66. The Morgan fingerprint density at radius 3 is 2.79 bits per heavy atom. The van der Waals surface area contributed by atoms with Gasteiger partial charge >= 0.3 is 0 Å². The zero-order valence-electron chi connectivity index (χ0n) is 12.9. The molecule has 1 unspecified atom stereocenters. The number of hydrogen-bond acceptors (Lipinski definition) is 4. The van der Waals surface area contributed by atoms with Gasteiger partial charge in [0.2, 0.25) is 0 Å². The Balaban J connectivity index is 1.86. The fourth-order valence-electron chi connectivity index (χ4n) is 2.63. The molecule has 3 rings (SSSR count). The van der Waals surface area contributed by atoms with Crippen LogP contribution in [0.25, 0.3) is 10.6 Å². The molecule has 0 aliphatic carbocycles. The van der Waals surface area contributed by atoms with E-state index in [0.717, 1.165) is 23.5 Å². The summed E-state index contributed by atoms with van der Waals surface area (Å²) in [5, 5.41) is 9.45. The molecule has 0 radical (unpaired) electrons. The van der Waals surface area contributed by atoms with E-state index in [4.69, 9.17) is 5.11 Å². The third kappa shape index (κ3) is 3.03. The number of aryl methyl sites for hydroxylation is 1. The number of halogens is 3. The van der Waals surface area contributed by atoms with Crippen LogP contribution < -0.4 is 0 Å². The summed E-state index contributed by atoms with van der Waals surface area (Å²) in [6.07, 6.45) is 0.0864. The minimum Gasteiger partial charge on any atom is -0.393 e. The molecule has 1 aromatic heterocycles. The predicted molar refractivity (Wildman–Crippen MR) is 83.6 cm³/mol. The number of aliphatic hydroxyl groups is 1. The van der Waals surface area contributed by atoms with Crippen molar-refractivity contribution in [2.24, 2.45) is 0 Å². The van der Waals surface area contributed by atoms with Crippen molar-refractivity contribution in [3.63, 3.8) is 0 Å². The summed E-state index contributed by atoms with van der Waals surface area (Å²) in [6.45, 7) is 1.06. The molecule has 8 heteroatoms. The Hall–Kier alpha value is -1.93. The molecule has 0 bridgehead atoms. The summed E-state index contributed by atoms with van der Waals surface area (Å²) < 4.78 is 40.5. The van der Waals surface area contributed by atoms with Crippen molar-refractivity contribution < 1.29 is 23.1 Å². The van der Waals surface area contributed by atoms with Gasteiger partial charge in [0.25, 0.3) is 5.91 Å². The van der Waals surface area contributed by atoms with Crippen molar-refractivity contribution in [1.82, 2.24) is 9.88 Å². The van der Waals surface area contributed by atoms with Crippen molar-refractivity contribution in [3.8, 4) is 10.6 Å². The van der Waals surface area contributed by atoms with Gasteiger partial charge in [0.1, 0.15) is 9.88 Å². The fraction of sp³-hybridized carbons (Fsp3) is 0.375. The number of hydrogen-bond donors (Lipinski definition) is 1. The van der Waals surface area contributed by atoms with Crippen LogP contribution in [-0.2, 0) is 0 Å². The van der Waals surface area contributed by atoms with Crippen LogP contribution in [0.3, 0.4) is 0 Å². The lowest BCUT2D eigenvalue weighted by molar-refractivity contribution is 0.0633. The average molecular weight is 356 g/mol. The molecule has 1 fully saturated rings. The number of aliphatic hydroxyl groups excluding tert-OH is 1. The average Bonchev–Trinajstić information content (AvgIpc) is 3.14. The zero-order chi connectivity index (χ0) is 17.5. The van der Waals surface area contributed by atoms with E-state index in [-0.39, 0.29) is 25.4 Å². The summed E-state index contributed by atoms with van der Waals surface area (Å²) in [5.41, 5.74) is -0.945. The maximum absolute atomic E-state index is 14.1. The van der Waals surface area contributed by atoms with Crippen LogP contribution in [-0.4, -0.2) is 46.3 Å². The van der Waals surface area contributed by atoms with E-state index in [1.165, 1.54) is 11.0 Å². The van der Waals surface area contributed by atoms with E-state index in [1.807, 2.05) is 0 Å². The van der Waals surface area contributed by atoms with Crippen molar-refractivity contribution in [2.45, 2.75) is 19.0 Å². The third-order valence-corrected chi connectivity index (χ3v) is 5.23. The second-order valence-electron chi connectivity index (χ2n) is 5.85. The van der Waals surface area contributed by atoms with Crippen molar-refractivity contribution in [1.29, 1.82) is 0 Å². The highest BCUT2D eigenvalue weighted by Crippen LogP contribution is 2.32. The zero-order valence-corrected chi connectivity index (χ0v) is 13.7. The number of carbonyl (C=O) groups is 1. The van der Waals surface area contributed by atoms with Crippen molar-refractivity contribution >= 4 is 17.2 Å². The normalized spacial score (nSPS) is 20.6. The Kier molecular flexibility index (Phi) is 4.35. The minimum absolute atomic E-state index is 0.0864. The molecule has 1 saturated heterocycles. The van der Waals surface area contributed by atoms with Gasteiger partial charge in [0.05, 0.1) is 18.8 Å². The number of alkyl halides is 1. The largest absolute Gasteiger partial charge is 0.393 e. The second-order valence-corrected chi connectivity index (χ2v) is 6.85. The molecule has 1 aliphatic heterocycles. The van der Waals surface area contributed by atoms with Crippen LogP contribution in [0.4, 0.5) is 13.2 Å². The maximum atomic E-state index is 14.1. The Morgan fingerprint density at radius 1 is 1.42 bits per heavy atom. The maximum Gasteiger partial charge on any atom is 0.265 e. The smallest absolute Gasteiger partial charge is 0.265 e. The summed E-state index contributed by atoms with van der Waals surface area (Å²) in [7, 11) is 0. The summed E-state index contributed by atoms with van der Waals surface area (Å²) in [5.74, 6) is -2.31. The highest BCUT2D eigenvalue weighted by molar-refractivity contribution is 7.17. The van der Waals surface area contributed by atoms with Gasteiger partial charge in [0.15, 0.2) is 17.3 Å². The number of nitrogens with zero attached hydrogens (tertiary/aromatic N) is 2. The van der Waals surface area contributed by atoms with E-state index in [9.17, 15) is 18.0 Å². The highest BCUT2D eigenvalue weighted by atomic mass is 32.1. The summed E-state index contributed by atoms with van der Waals surface area (Å²) >= 11 is 1.05. The van der Waals surface area contributed by atoms with Crippen LogP contribution >= 0.6 is 11.3 Å². The Bertz CT molecular complexity index is 796. The number of likely N-dealkylation sites (tertiary alicyclic amines) is 1.